The minimum atomic E-state index is -4.45. The Morgan fingerprint density at radius 3 is 2.29 bits per heavy atom. The van der Waals surface area contributed by atoms with Crippen molar-refractivity contribution >= 4 is 17.6 Å². The predicted octanol–water partition coefficient (Wildman–Crippen LogP) is 3.20. The van der Waals surface area contributed by atoms with E-state index >= 15 is 0 Å². The molecule has 0 saturated heterocycles. The van der Waals surface area contributed by atoms with E-state index in [9.17, 15) is 13.2 Å². The zero-order chi connectivity index (χ0) is 13.1. The van der Waals surface area contributed by atoms with Gasteiger partial charge in [0.2, 0.25) is 0 Å². The molecule has 17 heavy (non-hydrogen) atoms. The highest BCUT2D eigenvalue weighted by atomic mass is 32.2. The van der Waals surface area contributed by atoms with E-state index in [0.717, 1.165) is 22.2 Å². The summed E-state index contributed by atoms with van der Waals surface area (Å²) in [5.41, 5.74) is 6.01. The molecular weight excluding hydrogens is 249 g/mol. The summed E-state index contributed by atoms with van der Waals surface area (Å²) >= 11 is 1.05. The van der Waals surface area contributed by atoms with E-state index in [1.807, 2.05) is 19.1 Å². The summed E-state index contributed by atoms with van der Waals surface area (Å²) in [4.78, 5) is 0.742. The lowest BCUT2D eigenvalue weighted by molar-refractivity contribution is -0.149. The average Bonchev–Trinajstić information content (AvgIpc) is 2.18. The van der Waals surface area contributed by atoms with Gasteiger partial charge >= 0.3 is 6.18 Å². The molecule has 3 N–H and O–H groups in total. The molecule has 1 aromatic rings. The summed E-state index contributed by atoms with van der Waals surface area (Å²) in [7, 11) is 0. The van der Waals surface area contributed by atoms with Crippen molar-refractivity contribution in [3.63, 3.8) is 0 Å². The van der Waals surface area contributed by atoms with Crippen LogP contribution in [-0.2, 0) is 0 Å². The van der Waals surface area contributed by atoms with Crippen LogP contribution in [0.2, 0.25) is 0 Å². The number of hydrogen-bond donors (Lipinski definition) is 2. The molecule has 0 fully saturated rings. The Morgan fingerprint density at radius 2 is 1.88 bits per heavy atom. The lowest BCUT2D eigenvalue weighted by Crippen LogP contribution is -2.36. The van der Waals surface area contributed by atoms with Gasteiger partial charge in [0.15, 0.2) is 0 Å². The fraction of sp³-hybridized carbons (Fsp3) is 0.364. The first kappa shape index (κ1) is 13.9. The molecule has 0 aliphatic carbocycles. The summed E-state index contributed by atoms with van der Waals surface area (Å²) in [5.74, 6) is -2.98. The van der Waals surface area contributed by atoms with Crippen LogP contribution in [-0.4, -0.2) is 17.8 Å². The van der Waals surface area contributed by atoms with Crippen molar-refractivity contribution in [3.8, 4) is 0 Å². The molecular formula is C11H13F3N2S. The van der Waals surface area contributed by atoms with Crippen molar-refractivity contribution in [2.75, 3.05) is 5.75 Å². The SMILES string of the molecule is Cc1ccc(SCC(C(=N)N)C(F)(F)F)cc1. The van der Waals surface area contributed by atoms with Gasteiger partial charge in [-0.2, -0.15) is 13.2 Å². The molecule has 0 bridgehead atoms. The molecule has 0 saturated carbocycles. The van der Waals surface area contributed by atoms with Crippen LogP contribution in [0.1, 0.15) is 5.56 Å². The van der Waals surface area contributed by atoms with Crippen LogP contribution in [0.25, 0.3) is 0 Å². The van der Waals surface area contributed by atoms with E-state index in [1.165, 1.54) is 0 Å². The van der Waals surface area contributed by atoms with E-state index < -0.39 is 17.9 Å². The summed E-state index contributed by atoms with van der Waals surface area (Å²) in [5, 5.41) is 6.95. The maximum Gasteiger partial charge on any atom is 0.399 e. The Balaban J connectivity index is 2.65. The van der Waals surface area contributed by atoms with Gasteiger partial charge in [0.1, 0.15) is 11.8 Å². The molecule has 0 aliphatic rings. The van der Waals surface area contributed by atoms with Gasteiger partial charge in [-0.3, -0.25) is 5.41 Å². The molecule has 0 amide bonds. The Kier molecular flexibility index (Phi) is 4.45. The van der Waals surface area contributed by atoms with Crippen molar-refractivity contribution in [3.05, 3.63) is 29.8 Å². The van der Waals surface area contributed by atoms with Crippen LogP contribution in [0.5, 0.6) is 0 Å². The van der Waals surface area contributed by atoms with E-state index in [4.69, 9.17) is 11.1 Å². The third kappa shape index (κ3) is 4.30. The number of aryl methyl sites for hydroxylation is 1. The number of amidine groups is 1. The molecule has 1 aromatic carbocycles. The van der Waals surface area contributed by atoms with Gasteiger partial charge in [-0.05, 0) is 19.1 Å². The first-order chi connectivity index (χ1) is 7.80. The highest BCUT2D eigenvalue weighted by molar-refractivity contribution is 7.99. The number of nitrogens with two attached hydrogens (primary N) is 1. The van der Waals surface area contributed by atoms with E-state index in [0.29, 0.717) is 0 Å². The second-order valence-corrected chi connectivity index (χ2v) is 4.77. The fourth-order valence-electron chi connectivity index (χ4n) is 1.17. The van der Waals surface area contributed by atoms with Crippen LogP contribution in [0.4, 0.5) is 13.2 Å². The number of alkyl halides is 3. The second-order valence-electron chi connectivity index (χ2n) is 3.67. The zero-order valence-electron chi connectivity index (χ0n) is 9.21. The third-order valence-corrected chi connectivity index (χ3v) is 3.31. The smallest absolute Gasteiger partial charge is 0.387 e. The maximum atomic E-state index is 12.5. The van der Waals surface area contributed by atoms with Crippen molar-refractivity contribution in [1.29, 1.82) is 5.41 Å². The van der Waals surface area contributed by atoms with Gasteiger partial charge in [0.25, 0.3) is 0 Å². The number of benzene rings is 1. The summed E-state index contributed by atoms with van der Waals surface area (Å²) in [6.07, 6.45) is -4.45. The quantitative estimate of drug-likeness (QED) is 0.497. The molecule has 2 nitrogen and oxygen atoms in total. The van der Waals surface area contributed by atoms with Crippen LogP contribution >= 0.6 is 11.8 Å². The molecule has 1 unspecified atom stereocenters. The van der Waals surface area contributed by atoms with Crippen LogP contribution < -0.4 is 5.73 Å². The van der Waals surface area contributed by atoms with Crippen molar-refractivity contribution < 1.29 is 13.2 Å². The van der Waals surface area contributed by atoms with Crippen LogP contribution in [0, 0.1) is 18.3 Å². The number of thioether (sulfide) groups is 1. The molecule has 0 radical (unpaired) electrons. The molecule has 0 heterocycles. The number of hydrogen-bond acceptors (Lipinski definition) is 2. The van der Waals surface area contributed by atoms with E-state index in [2.05, 4.69) is 0 Å². The monoisotopic (exact) mass is 262 g/mol. The molecule has 0 spiro atoms. The normalized spacial score (nSPS) is 13.4. The molecule has 1 atom stereocenters. The highest BCUT2D eigenvalue weighted by Crippen LogP contribution is 2.31. The predicted molar refractivity (Wildman–Crippen MR) is 63.4 cm³/mol. The van der Waals surface area contributed by atoms with Crippen molar-refractivity contribution in [2.24, 2.45) is 11.7 Å². The molecule has 0 aromatic heterocycles. The lowest BCUT2D eigenvalue weighted by atomic mass is 10.1. The first-order valence-electron chi connectivity index (χ1n) is 4.91. The Morgan fingerprint density at radius 1 is 1.35 bits per heavy atom. The van der Waals surface area contributed by atoms with Gasteiger partial charge < -0.3 is 5.73 Å². The topological polar surface area (TPSA) is 49.9 Å². The Hall–Kier alpha value is -1.17. The summed E-state index contributed by atoms with van der Waals surface area (Å²) < 4.78 is 37.5. The minimum absolute atomic E-state index is 0.262. The molecule has 94 valence electrons. The van der Waals surface area contributed by atoms with Gasteiger partial charge in [-0.1, -0.05) is 17.7 Å². The van der Waals surface area contributed by atoms with Gasteiger partial charge in [0, 0.05) is 10.6 Å². The van der Waals surface area contributed by atoms with Crippen molar-refractivity contribution in [2.45, 2.75) is 18.0 Å². The first-order valence-corrected chi connectivity index (χ1v) is 5.89. The van der Waals surface area contributed by atoms with Gasteiger partial charge in [0.05, 0.1) is 0 Å². The van der Waals surface area contributed by atoms with Crippen LogP contribution in [0.15, 0.2) is 29.2 Å². The molecule has 1 rings (SSSR count). The van der Waals surface area contributed by atoms with E-state index in [-0.39, 0.29) is 5.75 Å². The summed E-state index contributed by atoms with van der Waals surface area (Å²) in [6, 6.07) is 7.18. The Bertz CT molecular complexity index is 387. The third-order valence-electron chi connectivity index (χ3n) is 2.21. The van der Waals surface area contributed by atoms with E-state index in [1.54, 1.807) is 12.1 Å². The second kappa shape index (κ2) is 5.44. The Labute approximate surface area is 102 Å². The minimum Gasteiger partial charge on any atom is -0.387 e. The van der Waals surface area contributed by atoms with Crippen molar-refractivity contribution in [1.82, 2.24) is 0 Å². The van der Waals surface area contributed by atoms with Crippen LogP contribution in [0.3, 0.4) is 0 Å². The fourth-order valence-corrected chi connectivity index (χ4v) is 2.23. The van der Waals surface area contributed by atoms with Gasteiger partial charge in [-0.15, -0.1) is 11.8 Å². The highest BCUT2D eigenvalue weighted by Gasteiger charge is 2.41. The molecule has 6 heteroatoms. The zero-order valence-corrected chi connectivity index (χ0v) is 10.0. The molecule has 0 aliphatic heterocycles. The van der Waals surface area contributed by atoms with Gasteiger partial charge in [-0.25, -0.2) is 0 Å². The lowest BCUT2D eigenvalue weighted by Gasteiger charge is -2.18. The largest absolute Gasteiger partial charge is 0.399 e. The number of nitrogens with one attached hydrogen (secondary N) is 1. The average molecular weight is 262 g/mol. The summed E-state index contributed by atoms with van der Waals surface area (Å²) in [6.45, 7) is 1.91. The maximum absolute atomic E-state index is 12.5. The number of halogens is 3. The number of rotatable bonds is 4. The standard InChI is InChI=1S/C11H13F3N2S/c1-7-2-4-8(5-3-7)17-6-9(10(15)16)11(12,13)14/h2-5,9H,6H2,1H3,(H3,15,16).